The highest BCUT2D eigenvalue weighted by atomic mass is 19.1. The maximum absolute atomic E-state index is 14.7. The van der Waals surface area contributed by atoms with Gasteiger partial charge in [0, 0.05) is 43.0 Å². The van der Waals surface area contributed by atoms with Crippen LogP contribution in [0.15, 0.2) is 49.3 Å². The highest BCUT2D eigenvalue weighted by Crippen LogP contribution is 2.32. The number of aromatic hydroxyl groups is 1. The standard InChI is InChI=1S/C29H27FN8O2/c1-2-23-24(30)6-3-18-11-22(39)12-19(25(18)23)13-38-17-32-26-27(38)34-29(37-14-20-4-5-21(15-37)33-20)35-28(26)40-10-9-36-8-7-31-16-36/h1,3,6-8,11-12,16-17,20-21,33,39H,4-5,9-10,13-15H2. The van der Waals surface area contributed by atoms with Gasteiger partial charge in [-0.2, -0.15) is 9.97 Å². The average Bonchev–Trinajstić information content (AvgIpc) is 3.69. The Bertz CT molecular complexity index is 1750. The summed E-state index contributed by atoms with van der Waals surface area (Å²) in [4.78, 5) is 20.7. The molecule has 40 heavy (non-hydrogen) atoms. The van der Waals surface area contributed by atoms with E-state index < -0.39 is 5.82 Å². The normalized spacial score (nSPS) is 18.4. The molecule has 0 aliphatic carbocycles. The molecule has 202 valence electrons. The van der Waals surface area contributed by atoms with Gasteiger partial charge in [0.25, 0.3) is 0 Å². The Morgan fingerprint density at radius 3 is 2.77 bits per heavy atom. The number of nitrogens with zero attached hydrogens (tertiary/aromatic N) is 7. The number of halogens is 1. The summed E-state index contributed by atoms with van der Waals surface area (Å²) in [7, 11) is 0. The van der Waals surface area contributed by atoms with E-state index >= 15 is 0 Å². The Morgan fingerprint density at radius 2 is 2.00 bits per heavy atom. The third-order valence-electron chi connectivity index (χ3n) is 7.69. The Kier molecular flexibility index (Phi) is 5.97. The van der Waals surface area contributed by atoms with Crippen LogP contribution in [0.3, 0.4) is 0 Å². The lowest BCUT2D eigenvalue weighted by molar-refractivity contribution is 0.290. The van der Waals surface area contributed by atoms with Crippen molar-refractivity contribution in [3.63, 3.8) is 0 Å². The molecule has 2 N–H and O–H groups in total. The molecule has 5 aromatic rings. The van der Waals surface area contributed by atoms with Crippen LogP contribution in [0.25, 0.3) is 21.9 Å². The molecule has 2 aromatic carbocycles. The first-order valence-electron chi connectivity index (χ1n) is 13.3. The number of anilines is 1. The minimum Gasteiger partial charge on any atom is -0.508 e. The third kappa shape index (κ3) is 4.36. The molecule has 10 nitrogen and oxygen atoms in total. The summed E-state index contributed by atoms with van der Waals surface area (Å²) in [5.74, 6) is 3.05. The quantitative estimate of drug-likeness (QED) is 0.305. The van der Waals surface area contributed by atoms with Gasteiger partial charge < -0.3 is 29.2 Å². The van der Waals surface area contributed by atoms with Crippen LogP contribution in [-0.4, -0.2) is 66.0 Å². The van der Waals surface area contributed by atoms with Crippen molar-refractivity contribution in [1.29, 1.82) is 0 Å². The predicted molar refractivity (Wildman–Crippen MR) is 148 cm³/mol. The lowest BCUT2D eigenvalue weighted by atomic mass is 9.98. The molecule has 2 saturated heterocycles. The number of hydrogen-bond acceptors (Lipinski definition) is 8. The van der Waals surface area contributed by atoms with Gasteiger partial charge in [-0.05, 0) is 42.0 Å². The van der Waals surface area contributed by atoms with E-state index in [2.05, 4.69) is 26.1 Å². The molecule has 0 amide bonds. The van der Waals surface area contributed by atoms with Crippen LogP contribution in [0.2, 0.25) is 0 Å². The number of terminal acetylenes is 1. The van der Waals surface area contributed by atoms with Gasteiger partial charge in [-0.1, -0.05) is 12.0 Å². The summed E-state index contributed by atoms with van der Waals surface area (Å²) in [6, 6.07) is 6.93. The van der Waals surface area contributed by atoms with Crippen LogP contribution in [-0.2, 0) is 13.1 Å². The smallest absolute Gasteiger partial charge is 0.247 e. The maximum Gasteiger partial charge on any atom is 0.247 e. The first kappa shape index (κ1) is 24.4. The van der Waals surface area contributed by atoms with Crippen molar-refractivity contribution in [2.24, 2.45) is 0 Å². The lowest BCUT2D eigenvalue weighted by Gasteiger charge is -2.32. The number of benzene rings is 2. The zero-order valence-corrected chi connectivity index (χ0v) is 21.7. The van der Waals surface area contributed by atoms with Gasteiger partial charge >= 0.3 is 0 Å². The number of phenolic OH excluding ortho intramolecular Hbond substituents is 1. The Morgan fingerprint density at radius 1 is 1.15 bits per heavy atom. The fourth-order valence-electron chi connectivity index (χ4n) is 5.85. The summed E-state index contributed by atoms with van der Waals surface area (Å²) in [6.45, 7) is 2.87. The molecule has 2 atom stereocenters. The van der Waals surface area contributed by atoms with Crippen molar-refractivity contribution in [3.8, 4) is 24.0 Å². The molecule has 7 rings (SSSR count). The number of piperazine rings is 1. The Balaban J connectivity index is 1.30. The van der Waals surface area contributed by atoms with E-state index in [4.69, 9.17) is 21.1 Å². The van der Waals surface area contributed by atoms with E-state index in [-0.39, 0.29) is 17.9 Å². The van der Waals surface area contributed by atoms with Crippen LogP contribution in [0, 0.1) is 18.2 Å². The Labute approximate surface area is 229 Å². The third-order valence-corrected chi connectivity index (χ3v) is 7.69. The van der Waals surface area contributed by atoms with E-state index in [9.17, 15) is 9.50 Å². The summed E-state index contributed by atoms with van der Waals surface area (Å²) in [6.07, 6.45) is 15.0. The van der Waals surface area contributed by atoms with Crippen LogP contribution < -0.4 is 15.0 Å². The molecular weight excluding hydrogens is 511 g/mol. The summed E-state index contributed by atoms with van der Waals surface area (Å²) >= 11 is 0. The molecule has 2 fully saturated rings. The zero-order valence-electron chi connectivity index (χ0n) is 21.7. The Hall–Kier alpha value is -4.69. The van der Waals surface area contributed by atoms with Crippen molar-refractivity contribution in [1.82, 2.24) is 34.4 Å². The zero-order chi connectivity index (χ0) is 27.2. The summed E-state index contributed by atoms with van der Waals surface area (Å²) in [5.41, 5.74) is 1.93. The second-order valence-electron chi connectivity index (χ2n) is 10.3. The second-order valence-corrected chi connectivity index (χ2v) is 10.3. The fraction of sp³-hybridized carbons (Fsp3) is 0.310. The molecule has 0 spiro atoms. The molecule has 3 aromatic heterocycles. The molecule has 0 saturated carbocycles. The number of aromatic nitrogens is 6. The van der Waals surface area contributed by atoms with Gasteiger partial charge in [0.2, 0.25) is 11.8 Å². The lowest BCUT2D eigenvalue weighted by Crippen LogP contribution is -2.51. The number of fused-ring (bicyclic) bond motifs is 4. The number of ether oxygens (including phenoxy) is 1. The van der Waals surface area contributed by atoms with Crippen LogP contribution in [0.4, 0.5) is 10.3 Å². The molecular formula is C29H27FN8O2. The highest BCUT2D eigenvalue weighted by Gasteiger charge is 2.34. The monoisotopic (exact) mass is 538 g/mol. The number of imidazole rings is 2. The van der Waals surface area contributed by atoms with Crippen molar-refractivity contribution in [2.45, 2.75) is 38.0 Å². The van der Waals surface area contributed by atoms with E-state index in [1.807, 2.05) is 15.3 Å². The van der Waals surface area contributed by atoms with E-state index in [1.54, 1.807) is 37.1 Å². The van der Waals surface area contributed by atoms with Crippen molar-refractivity contribution >= 4 is 27.9 Å². The molecule has 2 unspecified atom stereocenters. The molecule has 2 bridgehead atoms. The van der Waals surface area contributed by atoms with Crippen molar-refractivity contribution in [3.05, 3.63) is 66.3 Å². The van der Waals surface area contributed by atoms with Crippen LogP contribution >= 0.6 is 0 Å². The van der Waals surface area contributed by atoms with Gasteiger partial charge in [0.05, 0.1) is 31.3 Å². The summed E-state index contributed by atoms with van der Waals surface area (Å²) in [5, 5.41) is 15.3. The van der Waals surface area contributed by atoms with Gasteiger partial charge in [-0.3, -0.25) is 0 Å². The first-order chi connectivity index (χ1) is 19.6. The molecule has 2 aliphatic rings. The minimum atomic E-state index is -0.482. The fourth-order valence-corrected chi connectivity index (χ4v) is 5.85. The molecule has 0 radical (unpaired) electrons. The van der Waals surface area contributed by atoms with Crippen molar-refractivity contribution < 1.29 is 14.2 Å². The largest absolute Gasteiger partial charge is 0.508 e. The van der Waals surface area contributed by atoms with E-state index in [0.717, 1.165) is 25.9 Å². The van der Waals surface area contributed by atoms with Crippen LogP contribution in [0.1, 0.15) is 24.0 Å². The van der Waals surface area contributed by atoms with Crippen molar-refractivity contribution in [2.75, 3.05) is 24.6 Å². The average molecular weight is 539 g/mol. The number of rotatable bonds is 7. The van der Waals surface area contributed by atoms with E-state index in [1.165, 1.54) is 6.07 Å². The maximum atomic E-state index is 14.7. The molecule has 2 aliphatic heterocycles. The molecule has 5 heterocycles. The summed E-state index contributed by atoms with van der Waals surface area (Å²) < 4.78 is 24.6. The highest BCUT2D eigenvalue weighted by molar-refractivity contribution is 5.92. The SMILES string of the molecule is C#Cc1c(F)ccc2cc(O)cc(Cn3cnc4c(OCCn5ccnc5)nc(N5CC6CCC(C5)N6)nc43)c12. The van der Waals surface area contributed by atoms with Gasteiger partial charge in [0.1, 0.15) is 18.2 Å². The number of nitrogens with one attached hydrogen (secondary N) is 1. The topological polar surface area (TPSA) is 106 Å². The van der Waals surface area contributed by atoms with Gasteiger partial charge in [-0.25, -0.2) is 14.4 Å². The number of hydrogen-bond donors (Lipinski definition) is 2. The molecule has 11 heteroatoms. The number of phenols is 1. The van der Waals surface area contributed by atoms with Gasteiger partial charge in [0.15, 0.2) is 11.2 Å². The first-order valence-corrected chi connectivity index (χ1v) is 13.3. The minimum absolute atomic E-state index is 0.0663. The van der Waals surface area contributed by atoms with E-state index in [0.29, 0.717) is 64.6 Å². The predicted octanol–water partition coefficient (Wildman–Crippen LogP) is 3.07. The van der Waals surface area contributed by atoms with Gasteiger partial charge in [-0.15, -0.1) is 6.42 Å². The van der Waals surface area contributed by atoms with Crippen LogP contribution in [0.5, 0.6) is 11.6 Å². The second kappa shape index (κ2) is 9.81.